The molecule has 0 aliphatic rings. The van der Waals surface area contributed by atoms with Crippen LogP contribution < -0.4 is 33.2 Å². The molecule has 0 aromatic rings. The first-order chi connectivity index (χ1) is 14.0. The van der Waals surface area contributed by atoms with Gasteiger partial charge in [-0.1, -0.05) is 19.8 Å². The summed E-state index contributed by atoms with van der Waals surface area (Å²) in [6, 6.07) is 0.262. The number of ether oxygens (including phenoxy) is 1. The lowest BCUT2D eigenvalue weighted by atomic mass is 10.2. The summed E-state index contributed by atoms with van der Waals surface area (Å²) in [5, 5.41) is 8.70. The van der Waals surface area contributed by atoms with Gasteiger partial charge in [0.2, 0.25) is 0 Å². The summed E-state index contributed by atoms with van der Waals surface area (Å²) in [4.78, 5) is 27.1. The molecule has 0 aromatic carbocycles. The number of carbonyl (C=O) groups is 2. The molecule has 10 nitrogen and oxygen atoms in total. The molecule has 9 N–H and O–H groups in total. The van der Waals surface area contributed by atoms with Gasteiger partial charge in [-0.2, -0.15) is 0 Å². The second-order valence-corrected chi connectivity index (χ2v) is 6.99. The molecular weight excluding hydrogens is 374 g/mol. The van der Waals surface area contributed by atoms with Crippen LogP contribution in [0.3, 0.4) is 0 Å². The van der Waals surface area contributed by atoms with E-state index in [0.717, 1.165) is 64.5 Å². The van der Waals surface area contributed by atoms with Gasteiger partial charge in [-0.3, -0.25) is 9.79 Å². The Hall–Kier alpha value is -2.07. The fraction of sp³-hybridized carbons (Fsp3) is 0.842. The highest BCUT2D eigenvalue weighted by Crippen LogP contribution is 1.99. The quantitative estimate of drug-likeness (QED) is 0.105. The zero-order valence-electron chi connectivity index (χ0n) is 17.9. The maximum atomic E-state index is 11.6. The maximum absolute atomic E-state index is 11.6. The third-order valence-corrected chi connectivity index (χ3v) is 4.30. The second-order valence-electron chi connectivity index (χ2n) is 6.99. The molecule has 0 unspecified atom stereocenters. The van der Waals surface area contributed by atoms with E-state index in [-0.39, 0.29) is 24.5 Å². The van der Waals surface area contributed by atoms with Crippen molar-refractivity contribution in [2.75, 3.05) is 39.3 Å². The number of alkyl carbamates (subject to hydrolysis) is 1. The Bertz CT molecular complexity index is 457. The van der Waals surface area contributed by atoms with Crippen LogP contribution in [-0.2, 0) is 9.53 Å². The van der Waals surface area contributed by atoms with Gasteiger partial charge in [0.25, 0.3) is 5.91 Å². The third kappa shape index (κ3) is 20.5. The Morgan fingerprint density at radius 3 is 2.31 bits per heavy atom. The first-order valence-electron chi connectivity index (χ1n) is 10.6. The molecule has 0 saturated carbocycles. The lowest BCUT2D eigenvalue weighted by Gasteiger charge is -2.10. The normalized spacial score (nSPS) is 11.5. The number of amides is 2. The zero-order chi connectivity index (χ0) is 21.7. The average molecular weight is 416 g/mol. The van der Waals surface area contributed by atoms with Crippen molar-refractivity contribution in [1.29, 1.82) is 0 Å². The van der Waals surface area contributed by atoms with Gasteiger partial charge in [-0.05, 0) is 51.6 Å². The van der Waals surface area contributed by atoms with Crippen molar-refractivity contribution in [2.24, 2.45) is 22.2 Å². The van der Waals surface area contributed by atoms with Crippen LogP contribution in [-0.4, -0.2) is 63.3 Å². The Balaban J connectivity index is 3.40. The van der Waals surface area contributed by atoms with E-state index in [4.69, 9.17) is 21.9 Å². The van der Waals surface area contributed by atoms with E-state index in [1.807, 2.05) is 0 Å². The number of hydrogen-bond donors (Lipinski definition) is 6. The molecule has 0 aromatic heterocycles. The van der Waals surface area contributed by atoms with E-state index in [1.54, 1.807) is 0 Å². The highest BCUT2D eigenvalue weighted by Gasteiger charge is 2.06. The summed E-state index contributed by atoms with van der Waals surface area (Å²) in [5.41, 5.74) is 16.3. The van der Waals surface area contributed by atoms with Crippen molar-refractivity contribution in [1.82, 2.24) is 16.0 Å². The van der Waals surface area contributed by atoms with Crippen LogP contribution >= 0.6 is 0 Å². The number of nitrogens with zero attached hydrogens (tertiary/aromatic N) is 1. The van der Waals surface area contributed by atoms with Gasteiger partial charge >= 0.3 is 6.09 Å². The fourth-order valence-corrected chi connectivity index (χ4v) is 2.44. The van der Waals surface area contributed by atoms with Crippen LogP contribution in [0, 0.1) is 0 Å². The van der Waals surface area contributed by atoms with Crippen molar-refractivity contribution in [3.8, 4) is 0 Å². The van der Waals surface area contributed by atoms with Gasteiger partial charge in [0.05, 0.1) is 0 Å². The molecule has 0 aliphatic heterocycles. The SMILES string of the molecule is CC[C@H](N)CCNCCCCNC(=O)OCC(=O)NCCCCCCN=C(N)N. The van der Waals surface area contributed by atoms with Crippen LogP contribution in [0.25, 0.3) is 0 Å². The number of rotatable bonds is 18. The molecule has 1 atom stereocenters. The van der Waals surface area contributed by atoms with Gasteiger partial charge < -0.3 is 37.9 Å². The molecule has 0 fully saturated rings. The molecule has 0 aliphatic carbocycles. The Morgan fingerprint density at radius 1 is 0.931 bits per heavy atom. The number of nitrogens with one attached hydrogen (secondary N) is 3. The molecule has 170 valence electrons. The first-order valence-corrected chi connectivity index (χ1v) is 10.6. The monoisotopic (exact) mass is 415 g/mol. The Kier molecular flexibility index (Phi) is 17.9. The van der Waals surface area contributed by atoms with E-state index < -0.39 is 6.09 Å². The van der Waals surface area contributed by atoms with E-state index in [1.165, 1.54) is 0 Å². The van der Waals surface area contributed by atoms with Crippen LogP contribution in [0.4, 0.5) is 4.79 Å². The van der Waals surface area contributed by atoms with Gasteiger partial charge in [0, 0.05) is 25.7 Å². The van der Waals surface area contributed by atoms with E-state index in [0.29, 0.717) is 19.6 Å². The molecule has 2 amide bonds. The molecule has 0 rings (SSSR count). The van der Waals surface area contributed by atoms with Crippen LogP contribution in [0.1, 0.15) is 58.3 Å². The van der Waals surface area contributed by atoms with Crippen LogP contribution in [0.15, 0.2) is 4.99 Å². The predicted octanol–water partition coefficient (Wildman–Crippen LogP) is 0.160. The maximum Gasteiger partial charge on any atom is 0.407 e. The molecule has 29 heavy (non-hydrogen) atoms. The van der Waals surface area contributed by atoms with Gasteiger partial charge in [-0.15, -0.1) is 0 Å². The van der Waals surface area contributed by atoms with Gasteiger partial charge in [-0.25, -0.2) is 4.79 Å². The average Bonchev–Trinajstić information content (AvgIpc) is 2.69. The number of guanidine groups is 1. The van der Waals surface area contributed by atoms with Crippen molar-refractivity contribution in [3.05, 3.63) is 0 Å². The summed E-state index contributed by atoms with van der Waals surface area (Å²) < 4.78 is 4.89. The van der Waals surface area contributed by atoms with Crippen molar-refractivity contribution < 1.29 is 14.3 Å². The fourth-order valence-electron chi connectivity index (χ4n) is 2.44. The highest BCUT2D eigenvalue weighted by molar-refractivity contribution is 5.80. The smallest absolute Gasteiger partial charge is 0.407 e. The van der Waals surface area contributed by atoms with Gasteiger partial charge in [0.15, 0.2) is 12.6 Å². The third-order valence-electron chi connectivity index (χ3n) is 4.30. The molecule has 0 saturated heterocycles. The minimum absolute atomic E-state index is 0.113. The number of aliphatic imine (C=N–C) groups is 1. The Morgan fingerprint density at radius 2 is 1.59 bits per heavy atom. The summed E-state index contributed by atoms with van der Waals surface area (Å²) >= 11 is 0. The number of carbonyl (C=O) groups excluding carboxylic acids is 2. The predicted molar refractivity (Wildman–Crippen MR) is 116 cm³/mol. The molecule has 0 bridgehead atoms. The number of unbranched alkanes of at least 4 members (excludes halogenated alkanes) is 4. The van der Waals surface area contributed by atoms with Crippen molar-refractivity contribution in [2.45, 2.75) is 64.3 Å². The minimum atomic E-state index is -0.568. The van der Waals surface area contributed by atoms with E-state index in [2.05, 4.69) is 27.9 Å². The van der Waals surface area contributed by atoms with E-state index in [9.17, 15) is 9.59 Å². The largest absolute Gasteiger partial charge is 0.439 e. The topological polar surface area (TPSA) is 170 Å². The van der Waals surface area contributed by atoms with E-state index >= 15 is 0 Å². The zero-order valence-corrected chi connectivity index (χ0v) is 17.9. The Labute approximate surface area is 174 Å². The molecule has 0 spiro atoms. The highest BCUT2D eigenvalue weighted by atomic mass is 16.6. The molecule has 10 heteroatoms. The summed E-state index contributed by atoms with van der Waals surface area (Å²) in [6.45, 7) is 5.33. The lowest BCUT2D eigenvalue weighted by molar-refractivity contribution is -0.123. The summed E-state index contributed by atoms with van der Waals surface area (Å²) in [5.74, 6) is -0.183. The standard InChI is InChI=1S/C19H41N7O3/c1-2-16(20)9-14-23-10-7-8-13-26-19(28)29-15-17(27)24-11-5-3-4-6-12-25-18(21)22/h16,23H,2-15,20H2,1H3,(H,24,27)(H,26,28)(H4,21,22,25)/t16-/m0/s1. The lowest BCUT2D eigenvalue weighted by Crippen LogP contribution is -2.33. The summed E-state index contributed by atoms with van der Waals surface area (Å²) in [6.07, 6.45) is 6.94. The minimum Gasteiger partial charge on any atom is -0.439 e. The van der Waals surface area contributed by atoms with Crippen molar-refractivity contribution >= 4 is 18.0 Å². The number of hydrogen-bond acceptors (Lipinski definition) is 6. The first kappa shape index (κ1) is 26.9. The summed E-state index contributed by atoms with van der Waals surface area (Å²) in [7, 11) is 0. The second kappa shape index (κ2) is 19.3. The molecule has 0 heterocycles. The molecular formula is C19H41N7O3. The molecule has 0 radical (unpaired) electrons. The van der Waals surface area contributed by atoms with Crippen LogP contribution in [0.2, 0.25) is 0 Å². The van der Waals surface area contributed by atoms with Gasteiger partial charge in [0.1, 0.15) is 0 Å². The van der Waals surface area contributed by atoms with Crippen molar-refractivity contribution in [3.63, 3.8) is 0 Å². The number of nitrogens with two attached hydrogens (primary N) is 3. The van der Waals surface area contributed by atoms with Crippen LogP contribution in [0.5, 0.6) is 0 Å².